The predicted octanol–water partition coefficient (Wildman–Crippen LogP) is 3.12. The van der Waals surface area contributed by atoms with Gasteiger partial charge in [-0.05, 0) is 43.0 Å². The molecule has 0 saturated carbocycles. The number of thiazole rings is 1. The first kappa shape index (κ1) is 18.9. The molecule has 0 radical (unpaired) electrons. The lowest BCUT2D eigenvalue weighted by atomic mass is 10.2. The van der Waals surface area contributed by atoms with Crippen molar-refractivity contribution >= 4 is 44.4 Å². The summed E-state index contributed by atoms with van der Waals surface area (Å²) in [4.78, 5) is 22.2. The highest BCUT2D eigenvalue weighted by Crippen LogP contribution is 2.31. The Balaban J connectivity index is 2.01. The van der Waals surface area contributed by atoms with Crippen LogP contribution in [0.25, 0.3) is 10.2 Å². The van der Waals surface area contributed by atoms with Crippen molar-refractivity contribution in [2.45, 2.75) is 11.8 Å². The molecule has 0 atom stereocenters. The number of quaternary nitrogens is 1. The van der Waals surface area contributed by atoms with Crippen LogP contribution in [0.15, 0.2) is 47.4 Å². The van der Waals surface area contributed by atoms with Crippen molar-refractivity contribution in [2.24, 2.45) is 0 Å². The first-order valence-electron chi connectivity index (χ1n) is 8.60. The minimum atomic E-state index is 0.0204. The number of hydrogen-bond donors (Lipinski definition) is 1. The number of anilines is 1. The first-order chi connectivity index (χ1) is 12.5. The van der Waals surface area contributed by atoms with Crippen molar-refractivity contribution in [1.82, 2.24) is 4.98 Å². The highest BCUT2D eigenvalue weighted by atomic mass is 32.2. The molecule has 1 aromatic heterocycles. The van der Waals surface area contributed by atoms with E-state index in [9.17, 15) is 4.79 Å². The van der Waals surface area contributed by atoms with Crippen LogP contribution in [0.3, 0.4) is 0 Å². The van der Waals surface area contributed by atoms with Crippen LogP contribution in [0.5, 0.6) is 0 Å². The Labute approximate surface area is 162 Å². The fourth-order valence-corrected chi connectivity index (χ4v) is 4.40. The number of aromatic nitrogens is 1. The summed E-state index contributed by atoms with van der Waals surface area (Å²) in [5.74, 6) is 0.0204. The van der Waals surface area contributed by atoms with Crippen LogP contribution in [0, 0.1) is 6.92 Å². The molecule has 0 aliphatic carbocycles. The number of hydrogen-bond acceptors (Lipinski definition) is 4. The van der Waals surface area contributed by atoms with Gasteiger partial charge in [-0.2, -0.15) is 0 Å². The fraction of sp³-hybridized carbons (Fsp3) is 0.300. The number of carbonyl (C=O) groups is 1. The molecular formula is C20H24N3OS2+. The van der Waals surface area contributed by atoms with Gasteiger partial charge >= 0.3 is 0 Å². The van der Waals surface area contributed by atoms with Crippen molar-refractivity contribution in [2.75, 3.05) is 38.3 Å². The average Bonchev–Trinajstić information content (AvgIpc) is 3.04. The standard InChI is InChI=1S/C20H23N3OS2/c1-14-9-10-16-18(13-14)26-20(21-16)23(12-11-22(2)3)19(24)15-7-5-6-8-17(15)25-4/h5-10,13H,11-12H2,1-4H3/p+1. The van der Waals surface area contributed by atoms with Gasteiger partial charge in [-0.25, -0.2) is 4.98 Å². The number of carbonyl (C=O) groups excluding carboxylic acids is 1. The van der Waals surface area contributed by atoms with Gasteiger partial charge in [0.25, 0.3) is 5.91 Å². The number of thioether (sulfide) groups is 1. The summed E-state index contributed by atoms with van der Waals surface area (Å²) in [6, 6.07) is 14.0. The van der Waals surface area contributed by atoms with Crippen molar-refractivity contribution in [3.63, 3.8) is 0 Å². The summed E-state index contributed by atoms with van der Waals surface area (Å²) in [7, 11) is 4.19. The average molecular weight is 387 g/mol. The van der Waals surface area contributed by atoms with Gasteiger partial charge in [0, 0.05) is 4.90 Å². The van der Waals surface area contributed by atoms with E-state index in [2.05, 4.69) is 33.2 Å². The van der Waals surface area contributed by atoms with Gasteiger partial charge in [0.2, 0.25) is 0 Å². The summed E-state index contributed by atoms with van der Waals surface area (Å²) < 4.78 is 1.12. The van der Waals surface area contributed by atoms with E-state index >= 15 is 0 Å². The van der Waals surface area contributed by atoms with E-state index in [1.807, 2.05) is 41.5 Å². The van der Waals surface area contributed by atoms with Crippen molar-refractivity contribution in [3.8, 4) is 0 Å². The van der Waals surface area contributed by atoms with E-state index in [4.69, 9.17) is 4.98 Å². The molecule has 6 heteroatoms. The number of nitrogens with zero attached hydrogens (tertiary/aromatic N) is 2. The minimum Gasteiger partial charge on any atom is -0.338 e. The third-order valence-electron chi connectivity index (χ3n) is 4.18. The second kappa shape index (κ2) is 8.20. The van der Waals surface area contributed by atoms with Gasteiger partial charge in [0.05, 0.1) is 43.0 Å². The maximum Gasteiger partial charge on any atom is 0.261 e. The molecule has 3 rings (SSSR count). The molecule has 2 aromatic carbocycles. The number of benzene rings is 2. The second-order valence-corrected chi connectivity index (χ2v) is 8.44. The molecule has 0 aliphatic rings. The molecule has 0 aliphatic heterocycles. The molecule has 0 spiro atoms. The number of nitrogens with one attached hydrogen (secondary N) is 1. The lowest BCUT2D eigenvalue weighted by Crippen LogP contribution is -3.06. The summed E-state index contributed by atoms with van der Waals surface area (Å²) in [5.41, 5.74) is 2.89. The lowest BCUT2D eigenvalue weighted by Gasteiger charge is -2.21. The number of aryl methyl sites for hydroxylation is 1. The molecule has 0 fully saturated rings. The third kappa shape index (κ3) is 4.09. The molecular weight excluding hydrogens is 362 g/mol. The number of rotatable bonds is 6. The molecule has 3 aromatic rings. The Kier molecular flexibility index (Phi) is 5.96. The van der Waals surface area contributed by atoms with Gasteiger partial charge in [0.15, 0.2) is 5.13 Å². The largest absolute Gasteiger partial charge is 0.338 e. The summed E-state index contributed by atoms with van der Waals surface area (Å²) in [6.07, 6.45) is 2.00. The summed E-state index contributed by atoms with van der Waals surface area (Å²) in [5, 5.41) is 0.771. The van der Waals surface area contributed by atoms with Crippen molar-refractivity contribution in [3.05, 3.63) is 53.6 Å². The van der Waals surface area contributed by atoms with Gasteiger partial charge < -0.3 is 4.90 Å². The molecule has 1 amide bonds. The van der Waals surface area contributed by atoms with E-state index in [-0.39, 0.29) is 5.91 Å². The molecule has 26 heavy (non-hydrogen) atoms. The van der Waals surface area contributed by atoms with Gasteiger partial charge in [-0.15, -0.1) is 11.8 Å². The Bertz CT molecular complexity index is 920. The topological polar surface area (TPSA) is 37.6 Å². The van der Waals surface area contributed by atoms with Gasteiger partial charge in [-0.3, -0.25) is 9.69 Å². The van der Waals surface area contributed by atoms with E-state index < -0.39 is 0 Å². The highest BCUT2D eigenvalue weighted by Gasteiger charge is 2.23. The van der Waals surface area contributed by atoms with Gasteiger partial charge in [-0.1, -0.05) is 29.5 Å². The smallest absolute Gasteiger partial charge is 0.261 e. The van der Waals surface area contributed by atoms with Crippen LogP contribution >= 0.6 is 23.1 Å². The van der Waals surface area contributed by atoms with E-state index in [1.165, 1.54) is 10.5 Å². The van der Waals surface area contributed by atoms with Crippen LogP contribution in [-0.2, 0) is 0 Å². The van der Waals surface area contributed by atoms with Crippen LogP contribution in [0.4, 0.5) is 5.13 Å². The molecule has 0 bridgehead atoms. The zero-order valence-electron chi connectivity index (χ0n) is 15.6. The quantitative estimate of drug-likeness (QED) is 0.662. The molecule has 0 saturated heterocycles. The zero-order valence-corrected chi connectivity index (χ0v) is 17.2. The lowest BCUT2D eigenvalue weighted by molar-refractivity contribution is -0.856. The molecule has 1 N–H and O–H groups in total. The van der Waals surface area contributed by atoms with E-state index in [0.717, 1.165) is 32.4 Å². The maximum absolute atomic E-state index is 13.4. The Morgan fingerprint density at radius 3 is 2.73 bits per heavy atom. The van der Waals surface area contributed by atoms with Crippen LogP contribution < -0.4 is 9.80 Å². The Morgan fingerprint density at radius 1 is 1.23 bits per heavy atom. The van der Waals surface area contributed by atoms with Crippen molar-refractivity contribution in [1.29, 1.82) is 0 Å². The third-order valence-corrected chi connectivity index (χ3v) is 6.02. The van der Waals surface area contributed by atoms with Gasteiger partial charge in [0.1, 0.15) is 0 Å². The van der Waals surface area contributed by atoms with E-state index in [1.54, 1.807) is 23.1 Å². The molecule has 1 heterocycles. The fourth-order valence-electron chi connectivity index (χ4n) is 2.72. The maximum atomic E-state index is 13.4. The predicted molar refractivity (Wildman–Crippen MR) is 112 cm³/mol. The second-order valence-electron chi connectivity index (χ2n) is 6.58. The summed E-state index contributed by atoms with van der Waals surface area (Å²) >= 11 is 3.18. The number of amides is 1. The number of fused-ring (bicyclic) bond motifs is 1. The Hall–Kier alpha value is -1.89. The number of likely N-dealkylation sites (N-methyl/N-ethyl adjacent to an activating group) is 1. The Morgan fingerprint density at radius 2 is 2.00 bits per heavy atom. The van der Waals surface area contributed by atoms with Crippen LogP contribution in [0.2, 0.25) is 0 Å². The highest BCUT2D eigenvalue weighted by molar-refractivity contribution is 7.98. The zero-order chi connectivity index (χ0) is 18.7. The molecule has 0 unspecified atom stereocenters. The monoisotopic (exact) mass is 386 g/mol. The molecule has 136 valence electrons. The first-order valence-corrected chi connectivity index (χ1v) is 10.6. The summed E-state index contributed by atoms with van der Waals surface area (Å²) in [6.45, 7) is 3.58. The van der Waals surface area contributed by atoms with Crippen LogP contribution in [-0.4, -0.2) is 44.3 Å². The normalized spacial score (nSPS) is 11.3. The van der Waals surface area contributed by atoms with E-state index in [0.29, 0.717) is 6.54 Å². The van der Waals surface area contributed by atoms with Crippen LogP contribution in [0.1, 0.15) is 15.9 Å². The SMILES string of the molecule is CSc1ccccc1C(=O)N(CC[NH+](C)C)c1nc2ccc(C)cc2s1. The molecule has 4 nitrogen and oxygen atoms in total. The van der Waals surface area contributed by atoms with Crippen molar-refractivity contribution < 1.29 is 9.69 Å². The minimum absolute atomic E-state index is 0.0204.